The number of nitrogens with two attached hydrogens (primary N) is 1. The molecule has 1 aromatic rings. The molecule has 0 saturated carbocycles. The number of rotatable bonds is 3. The number of carbonyl (C=O) groups excluding carboxylic acids is 1. The van der Waals surface area contributed by atoms with Crippen molar-refractivity contribution in [1.29, 1.82) is 0 Å². The van der Waals surface area contributed by atoms with Gasteiger partial charge in [-0.15, -0.1) is 0 Å². The lowest BCUT2D eigenvalue weighted by molar-refractivity contribution is 0.0619. The van der Waals surface area contributed by atoms with Crippen molar-refractivity contribution >= 4 is 11.6 Å². The Morgan fingerprint density at radius 3 is 2.53 bits per heavy atom. The van der Waals surface area contributed by atoms with Gasteiger partial charge in [-0.2, -0.15) is 0 Å². The second-order valence-electron chi connectivity index (χ2n) is 5.05. The molecule has 0 radical (unpaired) electrons. The van der Waals surface area contributed by atoms with Crippen LogP contribution in [0.5, 0.6) is 0 Å². The van der Waals surface area contributed by atoms with Crippen LogP contribution in [0.3, 0.4) is 0 Å². The van der Waals surface area contributed by atoms with Crippen LogP contribution < -0.4 is 5.73 Å². The number of anilines is 1. The Morgan fingerprint density at radius 2 is 2.00 bits per heavy atom. The molecule has 3 nitrogen and oxygen atoms in total. The maximum atomic E-state index is 12.4. The van der Waals surface area contributed by atoms with Gasteiger partial charge >= 0.3 is 0 Å². The van der Waals surface area contributed by atoms with Crippen LogP contribution in [0.25, 0.3) is 0 Å². The van der Waals surface area contributed by atoms with E-state index in [0.29, 0.717) is 11.3 Å². The summed E-state index contributed by atoms with van der Waals surface area (Å²) in [4.78, 5) is 14.2. The third-order valence-corrected chi connectivity index (χ3v) is 3.68. The van der Waals surface area contributed by atoms with E-state index in [1.54, 1.807) is 4.90 Å². The van der Waals surface area contributed by atoms with Crippen molar-refractivity contribution in [1.82, 2.24) is 4.90 Å². The first kappa shape index (κ1) is 13.6. The molecule has 1 amide bonds. The van der Waals surface area contributed by atoms with Gasteiger partial charge in [-0.25, -0.2) is 0 Å². The Morgan fingerprint density at radius 1 is 1.41 bits per heavy atom. The summed E-state index contributed by atoms with van der Waals surface area (Å²) >= 11 is 0. The molecule has 0 aliphatic carbocycles. The average Bonchev–Trinajstić information content (AvgIpc) is 2.30. The third kappa shape index (κ3) is 2.60. The highest BCUT2D eigenvalue weighted by atomic mass is 16.2. The van der Waals surface area contributed by atoms with Crippen molar-refractivity contribution < 1.29 is 4.79 Å². The van der Waals surface area contributed by atoms with Crippen LogP contribution in [-0.2, 0) is 0 Å². The molecule has 1 aromatic carbocycles. The van der Waals surface area contributed by atoms with E-state index in [9.17, 15) is 4.79 Å². The summed E-state index contributed by atoms with van der Waals surface area (Å²) in [6.07, 6.45) is 0.913. The zero-order chi connectivity index (χ0) is 13.2. The van der Waals surface area contributed by atoms with Crippen LogP contribution in [-0.4, -0.2) is 23.4 Å². The second kappa shape index (κ2) is 4.78. The Bertz CT molecular complexity index is 424. The van der Waals surface area contributed by atoms with Gasteiger partial charge in [0, 0.05) is 23.8 Å². The highest BCUT2D eigenvalue weighted by Crippen LogP contribution is 2.22. The molecular formula is C14H22N2O. The van der Waals surface area contributed by atoms with E-state index in [0.717, 1.165) is 12.0 Å². The zero-order valence-corrected chi connectivity index (χ0v) is 11.4. The molecule has 0 saturated heterocycles. The van der Waals surface area contributed by atoms with Crippen molar-refractivity contribution in [3.05, 3.63) is 29.3 Å². The van der Waals surface area contributed by atoms with Crippen LogP contribution >= 0.6 is 0 Å². The molecule has 3 heteroatoms. The average molecular weight is 234 g/mol. The van der Waals surface area contributed by atoms with E-state index in [4.69, 9.17) is 5.73 Å². The minimum Gasteiger partial charge on any atom is -0.398 e. The molecule has 0 spiro atoms. The Hall–Kier alpha value is -1.51. The van der Waals surface area contributed by atoms with Gasteiger partial charge in [0.25, 0.3) is 5.91 Å². The number of hydrogen-bond acceptors (Lipinski definition) is 2. The molecule has 0 bridgehead atoms. The monoisotopic (exact) mass is 234 g/mol. The summed E-state index contributed by atoms with van der Waals surface area (Å²) in [5, 5.41) is 0. The normalized spacial score (nSPS) is 11.4. The number of nitrogens with zero attached hydrogens (tertiary/aromatic N) is 1. The van der Waals surface area contributed by atoms with E-state index in [-0.39, 0.29) is 11.4 Å². The number of nitrogen functional groups attached to an aromatic ring is 1. The molecule has 94 valence electrons. The predicted molar refractivity (Wildman–Crippen MR) is 72.1 cm³/mol. The van der Waals surface area contributed by atoms with E-state index in [1.807, 2.05) is 32.2 Å². The molecule has 2 N–H and O–H groups in total. The predicted octanol–water partition coefficient (Wildman–Crippen LogP) is 2.84. The van der Waals surface area contributed by atoms with E-state index in [2.05, 4.69) is 20.8 Å². The molecule has 0 fully saturated rings. The first-order chi connectivity index (χ1) is 7.81. The SMILES string of the molecule is CCC(C)(C)N(C)C(=O)c1cccc(N)c1C. The number of benzene rings is 1. The second-order valence-corrected chi connectivity index (χ2v) is 5.05. The molecular weight excluding hydrogens is 212 g/mol. The number of carbonyl (C=O) groups is 1. The van der Waals surface area contributed by atoms with Gasteiger partial charge in [-0.1, -0.05) is 13.0 Å². The lowest BCUT2D eigenvalue weighted by Gasteiger charge is -2.35. The van der Waals surface area contributed by atoms with Gasteiger partial charge in [0.1, 0.15) is 0 Å². The van der Waals surface area contributed by atoms with E-state index >= 15 is 0 Å². The molecule has 0 aromatic heterocycles. The van der Waals surface area contributed by atoms with E-state index < -0.39 is 0 Å². The molecule has 1 rings (SSSR count). The van der Waals surface area contributed by atoms with Crippen molar-refractivity contribution in [2.45, 2.75) is 39.7 Å². The highest BCUT2D eigenvalue weighted by molar-refractivity contribution is 5.97. The fraction of sp³-hybridized carbons (Fsp3) is 0.500. The van der Waals surface area contributed by atoms with Gasteiger partial charge in [-0.3, -0.25) is 4.79 Å². The molecule has 0 atom stereocenters. The summed E-state index contributed by atoms with van der Waals surface area (Å²) in [6.45, 7) is 8.09. The summed E-state index contributed by atoms with van der Waals surface area (Å²) in [6, 6.07) is 5.47. The minimum absolute atomic E-state index is 0.0293. The maximum absolute atomic E-state index is 12.4. The molecule has 0 aliphatic rings. The Labute approximate surface area is 104 Å². The summed E-state index contributed by atoms with van der Waals surface area (Å²) in [5.74, 6) is 0.0293. The van der Waals surface area contributed by atoms with Crippen LogP contribution in [0.1, 0.15) is 43.1 Å². The van der Waals surface area contributed by atoms with Gasteiger partial charge < -0.3 is 10.6 Å². The number of amides is 1. The summed E-state index contributed by atoms with van der Waals surface area (Å²) < 4.78 is 0. The Balaban J connectivity index is 3.09. The first-order valence-electron chi connectivity index (χ1n) is 5.94. The summed E-state index contributed by atoms with van der Waals surface area (Å²) in [7, 11) is 1.84. The van der Waals surface area contributed by atoms with Gasteiger partial charge in [0.2, 0.25) is 0 Å². The van der Waals surface area contributed by atoms with Gasteiger partial charge in [-0.05, 0) is 44.9 Å². The van der Waals surface area contributed by atoms with Crippen LogP contribution in [0.15, 0.2) is 18.2 Å². The topological polar surface area (TPSA) is 46.3 Å². The largest absolute Gasteiger partial charge is 0.398 e. The molecule has 0 aliphatic heterocycles. The minimum atomic E-state index is -0.145. The van der Waals surface area contributed by atoms with Crippen LogP contribution in [0.2, 0.25) is 0 Å². The van der Waals surface area contributed by atoms with Crippen molar-refractivity contribution in [2.75, 3.05) is 12.8 Å². The fourth-order valence-corrected chi connectivity index (χ4v) is 1.58. The van der Waals surface area contributed by atoms with Crippen LogP contribution in [0.4, 0.5) is 5.69 Å². The van der Waals surface area contributed by atoms with Crippen LogP contribution in [0, 0.1) is 6.92 Å². The van der Waals surface area contributed by atoms with Crippen molar-refractivity contribution in [3.8, 4) is 0 Å². The summed E-state index contributed by atoms with van der Waals surface area (Å²) in [5.41, 5.74) is 7.90. The molecule has 17 heavy (non-hydrogen) atoms. The highest BCUT2D eigenvalue weighted by Gasteiger charge is 2.27. The fourth-order valence-electron chi connectivity index (χ4n) is 1.58. The Kier molecular flexibility index (Phi) is 3.81. The van der Waals surface area contributed by atoms with Gasteiger partial charge in [0.05, 0.1) is 0 Å². The van der Waals surface area contributed by atoms with Crippen molar-refractivity contribution in [2.24, 2.45) is 0 Å². The van der Waals surface area contributed by atoms with E-state index in [1.165, 1.54) is 0 Å². The lowest BCUT2D eigenvalue weighted by atomic mass is 9.97. The first-order valence-corrected chi connectivity index (χ1v) is 5.94. The smallest absolute Gasteiger partial charge is 0.254 e. The zero-order valence-electron chi connectivity index (χ0n) is 11.4. The third-order valence-electron chi connectivity index (χ3n) is 3.68. The molecule has 0 heterocycles. The quantitative estimate of drug-likeness (QED) is 0.817. The number of hydrogen-bond donors (Lipinski definition) is 1. The van der Waals surface area contributed by atoms with Crippen molar-refractivity contribution in [3.63, 3.8) is 0 Å². The lowest BCUT2D eigenvalue weighted by Crippen LogP contribution is -2.44. The standard InChI is InChI=1S/C14H22N2O/c1-6-14(3,4)16(5)13(17)11-8-7-9-12(15)10(11)2/h7-9H,6,15H2,1-5H3. The van der Waals surface area contributed by atoms with Gasteiger partial charge in [0.15, 0.2) is 0 Å². The maximum Gasteiger partial charge on any atom is 0.254 e. The molecule has 0 unspecified atom stereocenters.